The Morgan fingerprint density at radius 3 is 2.57 bits per heavy atom. The molecular weight excluding hydrogens is 348 g/mol. The van der Waals surface area contributed by atoms with Gasteiger partial charge in [0.15, 0.2) is 0 Å². The van der Waals surface area contributed by atoms with Crippen LogP contribution in [0.3, 0.4) is 0 Å². The topological polar surface area (TPSA) is 49.3 Å². The van der Waals surface area contributed by atoms with Crippen LogP contribution in [0.5, 0.6) is 0 Å². The molecule has 0 bridgehead atoms. The van der Waals surface area contributed by atoms with Crippen LogP contribution < -0.4 is 4.90 Å². The Bertz CT molecular complexity index is 851. The molecule has 0 radical (unpaired) electrons. The zero-order valence-corrected chi connectivity index (χ0v) is 17.2. The van der Waals surface area contributed by atoms with Gasteiger partial charge in [0, 0.05) is 43.0 Å². The maximum Gasteiger partial charge on any atom is 0.254 e. The van der Waals surface area contributed by atoms with Gasteiger partial charge < -0.3 is 9.80 Å². The van der Waals surface area contributed by atoms with Gasteiger partial charge in [0.1, 0.15) is 11.6 Å². The maximum absolute atomic E-state index is 13.2. The molecule has 4 rings (SSSR count). The van der Waals surface area contributed by atoms with Crippen LogP contribution in [-0.4, -0.2) is 46.5 Å². The standard InChI is InChI=1S/C23H30N4O/c1-4-27(23(28)20-9-8-18-6-5-7-19(18)15-20)21-10-12-26(13-11-21)22-14-16(2)24-17(3)25-22/h8-9,14-15,21H,4-7,10-13H2,1-3H3. The van der Waals surface area contributed by atoms with E-state index in [4.69, 9.17) is 0 Å². The van der Waals surface area contributed by atoms with Crippen molar-refractivity contribution in [3.05, 3.63) is 52.5 Å². The lowest BCUT2D eigenvalue weighted by Gasteiger charge is -2.38. The number of aryl methyl sites for hydroxylation is 4. The Balaban J connectivity index is 1.44. The van der Waals surface area contributed by atoms with E-state index >= 15 is 0 Å². The second-order valence-corrected chi connectivity index (χ2v) is 8.06. The van der Waals surface area contributed by atoms with Gasteiger partial charge in [-0.1, -0.05) is 6.07 Å². The molecule has 0 saturated carbocycles. The molecule has 1 saturated heterocycles. The number of anilines is 1. The van der Waals surface area contributed by atoms with Crippen LogP contribution in [0.25, 0.3) is 0 Å². The summed E-state index contributed by atoms with van der Waals surface area (Å²) in [6.07, 6.45) is 5.44. The van der Waals surface area contributed by atoms with Crippen molar-refractivity contribution in [2.75, 3.05) is 24.5 Å². The van der Waals surface area contributed by atoms with E-state index in [0.717, 1.165) is 68.2 Å². The van der Waals surface area contributed by atoms with Crippen LogP contribution >= 0.6 is 0 Å². The third-order valence-electron chi connectivity index (χ3n) is 6.13. The number of hydrogen-bond donors (Lipinski definition) is 0. The monoisotopic (exact) mass is 378 g/mol. The first-order valence-corrected chi connectivity index (χ1v) is 10.5. The molecule has 0 N–H and O–H groups in total. The van der Waals surface area contributed by atoms with Crippen molar-refractivity contribution < 1.29 is 4.79 Å². The molecule has 0 atom stereocenters. The highest BCUT2D eigenvalue weighted by molar-refractivity contribution is 5.94. The highest BCUT2D eigenvalue weighted by Crippen LogP contribution is 2.26. The third kappa shape index (κ3) is 3.75. The van der Waals surface area contributed by atoms with Crippen molar-refractivity contribution in [1.82, 2.24) is 14.9 Å². The molecule has 5 nitrogen and oxygen atoms in total. The minimum absolute atomic E-state index is 0.185. The van der Waals surface area contributed by atoms with Crippen LogP contribution in [0.2, 0.25) is 0 Å². The van der Waals surface area contributed by atoms with Crippen molar-refractivity contribution in [3.63, 3.8) is 0 Å². The van der Waals surface area contributed by atoms with Gasteiger partial charge in [-0.2, -0.15) is 0 Å². The molecule has 1 aromatic heterocycles. The van der Waals surface area contributed by atoms with Gasteiger partial charge >= 0.3 is 0 Å². The second kappa shape index (κ2) is 7.90. The Morgan fingerprint density at radius 1 is 1.11 bits per heavy atom. The number of carbonyl (C=O) groups excluding carboxylic acids is 1. The average molecular weight is 379 g/mol. The molecule has 1 aliphatic carbocycles. The summed E-state index contributed by atoms with van der Waals surface area (Å²) < 4.78 is 0. The van der Waals surface area contributed by atoms with E-state index in [9.17, 15) is 4.79 Å². The van der Waals surface area contributed by atoms with Crippen molar-refractivity contribution in [3.8, 4) is 0 Å². The number of amides is 1. The first-order chi connectivity index (χ1) is 13.5. The summed E-state index contributed by atoms with van der Waals surface area (Å²) in [6, 6.07) is 8.67. The van der Waals surface area contributed by atoms with Gasteiger partial charge in [-0.15, -0.1) is 0 Å². The molecule has 2 aliphatic rings. The first-order valence-electron chi connectivity index (χ1n) is 10.5. The highest BCUT2D eigenvalue weighted by Gasteiger charge is 2.28. The number of rotatable bonds is 4. The Hall–Kier alpha value is -2.43. The van der Waals surface area contributed by atoms with Crippen molar-refractivity contribution >= 4 is 11.7 Å². The highest BCUT2D eigenvalue weighted by atomic mass is 16.2. The van der Waals surface area contributed by atoms with Gasteiger partial charge in [0.2, 0.25) is 0 Å². The van der Waals surface area contributed by atoms with Crippen molar-refractivity contribution in [2.24, 2.45) is 0 Å². The molecular formula is C23H30N4O. The molecule has 1 aromatic carbocycles. The van der Waals surface area contributed by atoms with Crippen LogP contribution in [0.1, 0.15) is 59.2 Å². The molecule has 2 heterocycles. The van der Waals surface area contributed by atoms with Crippen LogP contribution in [-0.2, 0) is 12.8 Å². The summed E-state index contributed by atoms with van der Waals surface area (Å²) in [5.41, 5.74) is 4.65. The Labute approximate surface area is 167 Å². The predicted molar refractivity (Wildman–Crippen MR) is 112 cm³/mol. The lowest BCUT2D eigenvalue weighted by Crippen LogP contribution is -2.47. The quantitative estimate of drug-likeness (QED) is 0.814. The minimum Gasteiger partial charge on any atom is -0.356 e. The number of benzene rings is 1. The third-order valence-corrected chi connectivity index (χ3v) is 6.13. The summed E-state index contributed by atoms with van der Waals surface area (Å²) in [5, 5.41) is 0. The summed E-state index contributed by atoms with van der Waals surface area (Å²) in [4.78, 5) is 26.6. The summed E-state index contributed by atoms with van der Waals surface area (Å²) in [7, 11) is 0. The van der Waals surface area contributed by atoms with Gasteiger partial charge in [-0.25, -0.2) is 9.97 Å². The SMILES string of the molecule is CCN(C(=O)c1ccc2c(c1)CCC2)C1CCN(c2cc(C)nc(C)n2)CC1. The average Bonchev–Trinajstić information content (AvgIpc) is 3.16. The fourth-order valence-electron chi connectivity index (χ4n) is 4.70. The van der Waals surface area contributed by atoms with E-state index in [-0.39, 0.29) is 5.91 Å². The second-order valence-electron chi connectivity index (χ2n) is 8.06. The number of aromatic nitrogens is 2. The van der Waals surface area contributed by atoms with Crippen molar-refractivity contribution in [2.45, 2.75) is 58.9 Å². The van der Waals surface area contributed by atoms with Gasteiger partial charge in [0.25, 0.3) is 5.91 Å². The van der Waals surface area contributed by atoms with Gasteiger partial charge in [0.05, 0.1) is 0 Å². The van der Waals surface area contributed by atoms with E-state index in [2.05, 4.69) is 44.9 Å². The van der Waals surface area contributed by atoms with Crippen LogP contribution in [0.15, 0.2) is 24.3 Å². The number of hydrogen-bond acceptors (Lipinski definition) is 4. The van der Waals surface area contributed by atoms with E-state index in [0.29, 0.717) is 6.04 Å². The molecule has 1 aliphatic heterocycles. The molecule has 5 heteroatoms. The summed E-state index contributed by atoms with van der Waals surface area (Å²) >= 11 is 0. The predicted octanol–water partition coefficient (Wildman–Crippen LogP) is 3.71. The minimum atomic E-state index is 0.185. The summed E-state index contributed by atoms with van der Waals surface area (Å²) in [5.74, 6) is 2.01. The van der Waals surface area contributed by atoms with Gasteiger partial charge in [-0.05, 0) is 76.1 Å². The normalized spacial score (nSPS) is 16.9. The van der Waals surface area contributed by atoms with E-state index < -0.39 is 0 Å². The summed E-state index contributed by atoms with van der Waals surface area (Å²) in [6.45, 7) is 8.65. The number of fused-ring (bicyclic) bond motifs is 1. The fourth-order valence-corrected chi connectivity index (χ4v) is 4.70. The number of nitrogens with zero attached hydrogens (tertiary/aromatic N) is 4. The first kappa shape index (κ1) is 18.9. The molecule has 0 unspecified atom stereocenters. The Morgan fingerprint density at radius 2 is 1.86 bits per heavy atom. The van der Waals surface area contributed by atoms with Crippen LogP contribution in [0.4, 0.5) is 5.82 Å². The number of piperidine rings is 1. The van der Waals surface area contributed by atoms with Gasteiger partial charge in [-0.3, -0.25) is 4.79 Å². The van der Waals surface area contributed by atoms with E-state index in [1.807, 2.05) is 19.9 Å². The molecule has 1 fully saturated rings. The number of carbonyl (C=O) groups is 1. The lowest BCUT2D eigenvalue weighted by atomic mass is 10.0. The molecule has 0 spiro atoms. The van der Waals surface area contributed by atoms with Crippen LogP contribution in [0, 0.1) is 13.8 Å². The maximum atomic E-state index is 13.2. The zero-order valence-electron chi connectivity index (χ0n) is 17.2. The molecule has 1 amide bonds. The van der Waals surface area contributed by atoms with E-state index in [1.54, 1.807) is 0 Å². The van der Waals surface area contributed by atoms with Crippen molar-refractivity contribution in [1.29, 1.82) is 0 Å². The molecule has 28 heavy (non-hydrogen) atoms. The zero-order chi connectivity index (χ0) is 19.7. The van der Waals surface area contributed by atoms with E-state index in [1.165, 1.54) is 17.5 Å². The lowest BCUT2D eigenvalue weighted by molar-refractivity contribution is 0.0663. The smallest absolute Gasteiger partial charge is 0.254 e. The molecule has 2 aromatic rings. The molecule has 148 valence electrons. The fraction of sp³-hybridized carbons (Fsp3) is 0.522. The Kier molecular flexibility index (Phi) is 5.33. The largest absolute Gasteiger partial charge is 0.356 e.